The second-order valence-corrected chi connectivity index (χ2v) is 19.8. The van der Waals surface area contributed by atoms with E-state index in [0.717, 1.165) is 22.5 Å². The Balaban J connectivity index is 1.31. The fourth-order valence-corrected chi connectivity index (χ4v) is 10.2. The summed E-state index contributed by atoms with van der Waals surface area (Å²) in [6.45, 7) is 9.89. The molecule has 6 rings (SSSR count). The number of fused-ring (bicyclic) bond motifs is 3. The standard InChI is InChI=1S/C53H78N4O14/c1-10-43-37(28-66-44-19-18-42(59)51(63-8)52(44)64-9)23-31(2)14-17-41(58)32(3)24-36-20-22-65-29-38(56-68-27-35-15-16-40(55-26-35)39-13-11-12-21-54-39)30-67-45(25-46(60)70-43)33(4)50(36)71-53-49(62)47(57(6)7)48(61)34(5)69-53/h11-17,21,23,26,32-34,36-37,42-45,47-53,59,61-62H,10,18-20,22,24-25,27-30H2,1-9H3/b17-14+,31-23+,56-38+/t32-,33+,34-,36?,37-,42-,43-,44-,45-,47+,48-,49-,50-,51-,52+,53+/m1/s1. The summed E-state index contributed by atoms with van der Waals surface area (Å²) in [6, 6.07) is 8.70. The van der Waals surface area contributed by atoms with Gasteiger partial charge in [-0.15, -0.1) is 0 Å². The zero-order valence-corrected chi connectivity index (χ0v) is 42.9. The number of esters is 1. The van der Waals surface area contributed by atoms with Gasteiger partial charge in [0, 0.05) is 56.5 Å². The van der Waals surface area contributed by atoms with Gasteiger partial charge < -0.3 is 63.0 Å². The molecule has 1 unspecified atom stereocenters. The maximum atomic E-state index is 14.5. The van der Waals surface area contributed by atoms with Crippen molar-refractivity contribution in [3.8, 4) is 11.4 Å². The number of nitrogens with zero attached hydrogens (tertiary/aromatic N) is 4. The van der Waals surface area contributed by atoms with Crippen LogP contribution >= 0.6 is 0 Å². The highest BCUT2D eigenvalue weighted by molar-refractivity contribution is 5.91. The van der Waals surface area contributed by atoms with Crippen LogP contribution in [0.4, 0.5) is 0 Å². The van der Waals surface area contributed by atoms with Gasteiger partial charge in [0.2, 0.25) is 0 Å². The van der Waals surface area contributed by atoms with E-state index < -0.39 is 97.1 Å². The van der Waals surface area contributed by atoms with E-state index in [2.05, 4.69) is 15.1 Å². The quantitative estimate of drug-likeness (QED) is 0.180. The topological polar surface area (TPSA) is 219 Å². The number of rotatable bonds is 13. The van der Waals surface area contributed by atoms with Gasteiger partial charge in [-0.3, -0.25) is 19.6 Å². The zero-order valence-electron chi connectivity index (χ0n) is 42.9. The number of ketones is 1. The minimum Gasteiger partial charge on any atom is -0.462 e. The van der Waals surface area contributed by atoms with E-state index in [0.29, 0.717) is 37.8 Å². The van der Waals surface area contributed by atoms with Crippen molar-refractivity contribution >= 4 is 17.5 Å². The molecule has 1 aliphatic carbocycles. The first-order chi connectivity index (χ1) is 34.1. The normalized spacial score (nSPS) is 36.9. The zero-order chi connectivity index (χ0) is 51.2. The van der Waals surface area contributed by atoms with E-state index in [1.807, 2.05) is 64.1 Å². The molecule has 3 fully saturated rings. The summed E-state index contributed by atoms with van der Waals surface area (Å²) in [6.07, 6.45) is 2.25. The largest absolute Gasteiger partial charge is 0.462 e. The number of cyclic esters (lactones) is 1. The minimum absolute atomic E-state index is 0.0573. The minimum atomic E-state index is -1.25. The highest BCUT2D eigenvalue weighted by Gasteiger charge is 2.48. The molecule has 0 aromatic carbocycles. The highest BCUT2D eigenvalue weighted by Crippen LogP contribution is 2.36. The number of oxime groups is 1. The molecule has 0 spiro atoms. The average molecular weight is 995 g/mol. The second-order valence-electron chi connectivity index (χ2n) is 19.8. The molecule has 16 atom stereocenters. The number of carbonyl (C=O) groups is 2. The predicted octanol–water partition coefficient (Wildman–Crippen LogP) is 4.87. The van der Waals surface area contributed by atoms with Gasteiger partial charge in [-0.05, 0) is 90.2 Å². The summed E-state index contributed by atoms with van der Waals surface area (Å²) in [5.74, 6) is -2.45. The van der Waals surface area contributed by atoms with E-state index in [-0.39, 0.29) is 51.2 Å². The number of aliphatic hydroxyl groups excluding tert-OH is 3. The average Bonchev–Trinajstić information content (AvgIpc) is 3.38. The third-order valence-corrected chi connectivity index (χ3v) is 14.3. The first-order valence-electron chi connectivity index (χ1n) is 25.1. The number of likely N-dealkylation sites (N-methyl/N-ethyl adjacent to an activating group) is 1. The fourth-order valence-electron chi connectivity index (χ4n) is 10.2. The lowest BCUT2D eigenvalue weighted by molar-refractivity contribution is -0.305. The molecule has 0 amide bonds. The third kappa shape index (κ3) is 15.3. The van der Waals surface area contributed by atoms with Crippen LogP contribution in [0.5, 0.6) is 0 Å². The van der Waals surface area contributed by atoms with Crippen molar-refractivity contribution in [2.75, 3.05) is 54.7 Å². The van der Waals surface area contributed by atoms with Crippen LogP contribution in [0.15, 0.2) is 71.7 Å². The van der Waals surface area contributed by atoms with E-state index in [4.69, 9.17) is 42.7 Å². The lowest BCUT2D eigenvalue weighted by Gasteiger charge is -2.47. The molecule has 2 aromatic rings. The summed E-state index contributed by atoms with van der Waals surface area (Å²) in [5, 5.41) is 38.0. The molecule has 5 heterocycles. The number of hydrogen-bond acceptors (Lipinski definition) is 18. The Bertz CT molecular complexity index is 2060. The molecular formula is C53H78N4O14. The molecule has 18 nitrogen and oxygen atoms in total. The predicted molar refractivity (Wildman–Crippen MR) is 263 cm³/mol. The van der Waals surface area contributed by atoms with Crippen LogP contribution in [-0.4, -0.2) is 176 Å². The number of aliphatic hydroxyl groups is 3. The van der Waals surface area contributed by atoms with Crippen molar-refractivity contribution in [1.29, 1.82) is 0 Å². The smallest absolute Gasteiger partial charge is 0.308 e. The van der Waals surface area contributed by atoms with Gasteiger partial charge in [0.25, 0.3) is 0 Å². The van der Waals surface area contributed by atoms with Crippen LogP contribution in [0.2, 0.25) is 0 Å². The molecule has 2 aromatic heterocycles. The number of carbonyl (C=O) groups excluding carboxylic acids is 2. The Labute approximate surface area is 419 Å². The van der Waals surface area contributed by atoms with Crippen LogP contribution < -0.4 is 0 Å². The number of methoxy groups -OCH3 is 2. The van der Waals surface area contributed by atoms with Crippen molar-refractivity contribution in [2.45, 2.75) is 153 Å². The van der Waals surface area contributed by atoms with E-state index in [1.54, 1.807) is 57.6 Å². The monoisotopic (exact) mass is 995 g/mol. The van der Waals surface area contributed by atoms with E-state index in [9.17, 15) is 24.9 Å². The molecule has 2 bridgehead atoms. The number of pyridine rings is 2. The number of allylic oxidation sites excluding steroid dienone is 3. The fraction of sp³-hybridized carbons (Fsp3) is 0.679. The summed E-state index contributed by atoms with van der Waals surface area (Å²) in [5.41, 5.74) is 3.49. The van der Waals surface area contributed by atoms with Gasteiger partial charge in [-0.25, -0.2) is 0 Å². The van der Waals surface area contributed by atoms with Gasteiger partial charge in [0.15, 0.2) is 12.1 Å². The Morgan fingerprint density at radius 3 is 2.37 bits per heavy atom. The SMILES string of the molecule is CC[C@H]1OC(=O)C[C@H]2OC/C(=N/OCc3ccc(-c4ccccn4)nc3)COCCC(C[C@@H](C)C(=O)/C=C/C(C)=C/[C@@H]1CO[C@@H]1CC[C@@H](O)[C@@H](OC)[C@H]1OC)[C@H](O[C@@H]1O[C@H](C)[C@@H](O)[C@H](N(C)C)[C@H]1O)[C@H]2C. The molecule has 3 aliphatic heterocycles. The van der Waals surface area contributed by atoms with Gasteiger partial charge in [0.1, 0.15) is 36.7 Å². The highest BCUT2D eigenvalue weighted by atomic mass is 16.7. The molecule has 394 valence electrons. The molecule has 71 heavy (non-hydrogen) atoms. The molecule has 0 radical (unpaired) electrons. The lowest BCUT2D eigenvalue weighted by atomic mass is 9.79. The lowest BCUT2D eigenvalue weighted by Crippen LogP contribution is -2.63. The molecule has 1 saturated carbocycles. The Kier molecular flexibility index (Phi) is 21.6. The van der Waals surface area contributed by atoms with Crippen molar-refractivity contribution in [3.05, 3.63) is 72.1 Å². The van der Waals surface area contributed by atoms with Crippen molar-refractivity contribution in [3.63, 3.8) is 0 Å². The van der Waals surface area contributed by atoms with Crippen LogP contribution in [0.25, 0.3) is 11.4 Å². The number of ether oxygens (including phenoxy) is 8. The summed E-state index contributed by atoms with van der Waals surface area (Å²) in [4.78, 5) is 45.1. The van der Waals surface area contributed by atoms with Gasteiger partial charge >= 0.3 is 5.97 Å². The molecule has 2 saturated heterocycles. The van der Waals surface area contributed by atoms with Gasteiger partial charge in [-0.2, -0.15) is 0 Å². The van der Waals surface area contributed by atoms with Crippen LogP contribution in [-0.2, 0) is 58.9 Å². The second kappa shape index (κ2) is 27.3. The third-order valence-electron chi connectivity index (χ3n) is 14.3. The van der Waals surface area contributed by atoms with Crippen LogP contribution in [0.3, 0.4) is 0 Å². The number of hydrogen-bond donors (Lipinski definition) is 3. The maximum absolute atomic E-state index is 14.5. The van der Waals surface area contributed by atoms with Gasteiger partial charge in [-0.1, -0.05) is 55.8 Å². The summed E-state index contributed by atoms with van der Waals surface area (Å²) >= 11 is 0. The molecular weight excluding hydrogens is 917 g/mol. The van der Waals surface area contributed by atoms with E-state index >= 15 is 0 Å². The molecule has 4 aliphatic rings. The molecule has 18 heteroatoms. The number of aromatic nitrogens is 2. The van der Waals surface area contributed by atoms with Crippen LogP contribution in [0.1, 0.15) is 78.7 Å². The Morgan fingerprint density at radius 2 is 1.68 bits per heavy atom. The van der Waals surface area contributed by atoms with Crippen LogP contribution in [0, 0.1) is 23.7 Å². The van der Waals surface area contributed by atoms with Gasteiger partial charge in [0.05, 0.1) is 80.3 Å². The first kappa shape index (κ1) is 56.2. The Hall–Kier alpha value is -4.05. The first-order valence-corrected chi connectivity index (χ1v) is 25.1. The van der Waals surface area contributed by atoms with E-state index in [1.165, 1.54) is 7.11 Å². The Morgan fingerprint density at radius 1 is 0.901 bits per heavy atom. The van der Waals surface area contributed by atoms with Crippen molar-refractivity contribution < 1.29 is 67.6 Å². The maximum Gasteiger partial charge on any atom is 0.308 e. The summed E-state index contributed by atoms with van der Waals surface area (Å²) < 4.78 is 50.4. The summed E-state index contributed by atoms with van der Waals surface area (Å²) in [7, 11) is 6.65. The van der Waals surface area contributed by atoms with Crippen molar-refractivity contribution in [2.24, 2.45) is 28.8 Å². The van der Waals surface area contributed by atoms with Crippen molar-refractivity contribution in [1.82, 2.24) is 14.9 Å². The molecule has 3 N–H and O–H groups in total.